The van der Waals surface area contributed by atoms with Crippen molar-refractivity contribution in [1.29, 1.82) is 0 Å². The second-order valence-electron chi connectivity index (χ2n) is 3.69. The molecule has 0 fully saturated rings. The van der Waals surface area contributed by atoms with Gasteiger partial charge in [0.25, 0.3) is 10.0 Å². The summed E-state index contributed by atoms with van der Waals surface area (Å²) in [5.41, 5.74) is 6.86. The van der Waals surface area contributed by atoms with Gasteiger partial charge in [-0.2, -0.15) is 8.42 Å². The van der Waals surface area contributed by atoms with Crippen LogP contribution in [0.15, 0.2) is 41.7 Å². The molecule has 0 saturated carbocycles. The molecule has 0 radical (unpaired) electrons. The molecule has 2 heterocycles. The number of pyridine rings is 2. The van der Waals surface area contributed by atoms with Crippen molar-refractivity contribution in [2.45, 2.75) is 11.9 Å². The lowest BCUT2D eigenvalue weighted by atomic mass is 10.4. The van der Waals surface area contributed by atoms with Gasteiger partial charge in [-0.25, -0.2) is 4.98 Å². The van der Waals surface area contributed by atoms with Crippen LogP contribution >= 0.6 is 0 Å². The SMILES string of the molecule is Cc1ccc(NS(=O)(=O)c2ncccc2N)cn1. The van der Waals surface area contributed by atoms with Crippen molar-refractivity contribution in [1.82, 2.24) is 9.97 Å². The number of aromatic nitrogens is 2. The molecule has 0 aromatic carbocycles. The predicted molar refractivity (Wildman–Crippen MR) is 68.4 cm³/mol. The molecule has 0 bridgehead atoms. The van der Waals surface area contributed by atoms with Crippen molar-refractivity contribution < 1.29 is 8.42 Å². The minimum Gasteiger partial charge on any atom is -0.396 e. The minimum atomic E-state index is -3.78. The molecule has 0 aliphatic carbocycles. The predicted octanol–water partition coefficient (Wildman–Crippen LogP) is 1.17. The van der Waals surface area contributed by atoms with Gasteiger partial charge in [0.05, 0.1) is 17.6 Å². The van der Waals surface area contributed by atoms with Crippen molar-refractivity contribution in [3.8, 4) is 0 Å². The third-order valence-electron chi connectivity index (χ3n) is 2.22. The molecule has 2 aromatic rings. The van der Waals surface area contributed by atoms with Gasteiger partial charge >= 0.3 is 0 Å². The van der Waals surface area contributed by atoms with Crippen LogP contribution in [0.2, 0.25) is 0 Å². The monoisotopic (exact) mass is 264 g/mol. The van der Waals surface area contributed by atoms with Gasteiger partial charge < -0.3 is 5.73 Å². The van der Waals surface area contributed by atoms with Crippen LogP contribution in [0.25, 0.3) is 0 Å². The number of nitrogen functional groups attached to an aromatic ring is 1. The van der Waals surface area contributed by atoms with Crippen molar-refractivity contribution in [2.75, 3.05) is 10.5 Å². The van der Waals surface area contributed by atoms with Gasteiger partial charge in [-0.05, 0) is 31.2 Å². The molecule has 0 aliphatic rings. The maximum absolute atomic E-state index is 12.0. The molecule has 18 heavy (non-hydrogen) atoms. The first-order valence-corrected chi connectivity index (χ1v) is 6.63. The Morgan fingerprint density at radius 2 is 2.00 bits per heavy atom. The van der Waals surface area contributed by atoms with E-state index in [4.69, 9.17) is 5.73 Å². The van der Waals surface area contributed by atoms with Crippen LogP contribution in [0.4, 0.5) is 11.4 Å². The van der Waals surface area contributed by atoms with E-state index in [1.54, 1.807) is 18.2 Å². The molecule has 0 aliphatic heterocycles. The molecule has 3 N–H and O–H groups in total. The number of hydrogen-bond acceptors (Lipinski definition) is 5. The fraction of sp³-hybridized carbons (Fsp3) is 0.0909. The summed E-state index contributed by atoms with van der Waals surface area (Å²) in [6.07, 6.45) is 2.81. The van der Waals surface area contributed by atoms with Crippen molar-refractivity contribution in [2.24, 2.45) is 0 Å². The van der Waals surface area contributed by atoms with E-state index in [-0.39, 0.29) is 10.7 Å². The van der Waals surface area contributed by atoms with Crippen molar-refractivity contribution >= 4 is 21.4 Å². The number of sulfonamides is 1. The quantitative estimate of drug-likeness (QED) is 0.867. The molecule has 0 unspecified atom stereocenters. The molecule has 6 nitrogen and oxygen atoms in total. The second kappa shape index (κ2) is 4.61. The normalized spacial score (nSPS) is 11.2. The zero-order valence-electron chi connectivity index (χ0n) is 9.66. The van der Waals surface area contributed by atoms with Gasteiger partial charge in [0.15, 0.2) is 5.03 Å². The summed E-state index contributed by atoms with van der Waals surface area (Å²) in [6, 6.07) is 6.38. The first-order chi connectivity index (χ1) is 8.49. The Morgan fingerprint density at radius 1 is 1.22 bits per heavy atom. The highest BCUT2D eigenvalue weighted by atomic mass is 32.2. The van der Waals surface area contributed by atoms with Gasteiger partial charge in [-0.15, -0.1) is 0 Å². The Labute approximate surface area is 105 Å². The van der Waals surface area contributed by atoms with Crippen molar-refractivity contribution in [3.63, 3.8) is 0 Å². The lowest BCUT2D eigenvalue weighted by molar-refractivity contribution is 0.598. The Kier molecular flexibility index (Phi) is 3.15. The molecule has 2 aromatic heterocycles. The molecule has 94 valence electrons. The number of rotatable bonds is 3. The van der Waals surface area contributed by atoms with E-state index >= 15 is 0 Å². The molecule has 0 spiro atoms. The molecular formula is C11H12N4O2S. The van der Waals surface area contributed by atoms with Gasteiger partial charge in [0.1, 0.15) is 0 Å². The van der Waals surface area contributed by atoms with E-state index in [0.717, 1.165) is 5.69 Å². The van der Waals surface area contributed by atoms with Crippen molar-refractivity contribution in [3.05, 3.63) is 42.4 Å². The summed E-state index contributed by atoms with van der Waals surface area (Å²) in [7, 11) is -3.78. The summed E-state index contributed by atoms with van der Waals surface area (Å²) >= 11 is 0. The van der Waals surface area contributed by atoms with E-state index in [1.807, 2.05) is 6.92 Å². The topological polar surface area (TPSA) is 98.0 Å². The third kappa shape index (κ3) is 2.57. The molecule has 7 heteroatoms. The number of aryl methyl sites for hydroxylation is 1. The number of nitrogens with zero attached hydrogens (tertiary/aromatic N) is 2. The summed E-state index contributed by atoms with van der Waals surface area (Å²) < 4.78 is 26.4. The number of nitrogens with two attached hydrogens (primary N) is 1. The Bertz CT molecular complexity index is 653. The lowest BCUT2D eigenvalue weighted by Gasteiger charge is -2.08. The zero-order valence-corrected chi connectivity index (χ0v) is 10.5. The molecule has 0 saturated heterocycles. The highest BCUT2D eigenvalue weighted by Gasteiger charge is 2.18. The van der Waals surface area contributed by atoms with Crippen LogP contribution in [0.1, 0.15) is 5.69 Å². The van der Waals surface area contributed by atoms with Crippen LogP contribution in [-0.2, 0) is 10.0 Å². The minimum absolute atomic E-state index is 0.102. The van der Waals surface area contributed by atoms with Crippen LogP contribution in [0.5, 0.6) is 0 Å². The lowest BCUT2D eigenvalue weighted by Crippen LogP contribution is -2.16. The summed E-state index contributed by atoms with van der Waals surface area (Å²) in [4.78, 5) is 7.77. The van der Waals surface area contributed by atoms with Crippen LogP contribution < -0.4 is 10.5 Å². The summed E-state index contributed by atoms with van der Waals surface area (Å²) in [5.74, 6) is 0. The fourth-order valence-corrected chi connectivity index (χ4v) is 2.47. The maximum atomic E-state index is 12.0. The second-order valence-corrected chi connectivity index (χ2v) is 5.29. The maximum Gasteiger partial charge on any atom is 0.281 e. The molecule has 0 amide bonds. The standard InChI is InChI=1S/C11H12N4O2S/c1-8-4-5-9(7-14-8)15-18(16,17)11-10(12)3-2-6-13-11/h2-7,15H,12H2,1H3. The van der Waals surface area contributed by atoms with Gasteiger partial charge in [0.2, 0.25) is 0 Å². The summed E-state index contributed by atoms with van der Waals surface area (Å²) in [5, 5.41) is -0.189. The fourth-order valence-electron chi connectivity index (χ4n) is 1.36. The van der Waals surface area contributed by atoms with Crippen LogP contribution in [0.3, 0.4) is 0 Å². The highest BCUT2D eigenvalue weighted by Crippen LogP contribution is 2.18. The van der Waals surface area contributed by atoms with Crippen LogP contribution in [-0.4, -0.2) is 18.4 Å². The van der Waals surface area contributed by atoms with Gasteiger partial charge in [-0.3, -0.25) is 9.71 Å². The van der Waals surface area contributed by atoms with Gasteiger partial charge in [-0.1, -0.05) is 0 Å². The van der Waals surface area contributed by atoms with Gasteiger partial charge in [0, 0.05) is 11.9 Å². The molecule has 2 rings (SSSR count). The first-order valence-electron chi connectivity index (χ1n) is 5.15. The van der Waals surface area contributed by atoms with E-state index in [2.05, 4.69) is 14.7 Å². The average molecular weight is 264 g/mol. The zero-order chi connectivity index (χ0) is 13.2. The van der Waals surface area contributed by atoms with E-state index in [9.17, 15) is 8.42 Å². The summed E-state index contributed by atoms with van der Waals surface area (Å²) in [6.45, 7) is 1.81. The average Bonchev–Trinajstić information content (AvgIpc) is 2.32. The first kappa shape index (κ1) is 12.3. The number of hydrogen-bond donors (Lipinski definition) is 2. The van der Waals surface area contributed by atoms with Crippen LogP contribution in [0, 0.1) is 6.92 Å². The Balaban J connectivity index is 2.33. The van der Waals surface area contributed by atoms with E-state index < -0.39 is 10.0 Å². The number of nitrogens with one attached hydrogen (secondary N) is 1. The highest BCUT2D eigenvalue weighted by molar-refractivity contribution is 7.92. The molecular weight excluding hydrogens is 252 g/mol. The van der Waals surface area contributed by atoms with E-state index in [1.165, 1.54) is 18.5 Å². The smallest absolute Gasteiger partial charge is 0.281 e. The Hall–Kier alpha value is -2.15. The molecule has 0 atom stereocenters. The van der Waals surface area contributed by atoms with E-state index in [0.29, 0.717) is 5.69 Å². The Morgan fingerprint density at radius 3 is 2.61 bits per heavy atom. The number of anilines is 2. The third-order valence-corrected chi connectivity index (χ3v) is 3.57. The largest absolute Gasteiger partial charge is 0.396 e.